The molecule has 2 bridgehead atoms. The van der Waals surface area contributed by atoms with Crippen molar-refractivity contribution in [3.8, 4) is 0 Å². The number of pyridine rings is 1. The van der Waals surface area contributed by atoms with Gasteiger partial charge in [0.2, 0.25) is 11.8 Å². The predicted molar refractivity (Wildman–Crippen MR) is 98.6 cm³/mol. The third-order valence-corrected chi connectivity index (χ3v) is 5.74. The number of benzene rings is 1. The number of hydrogen-bond acceptors (Lipinski definition) is 4. The van der Waals surface area contributed by atoms with Gasteiger partial charge in [0.1, 0.15) is 11.4 Å². The summed E-state index contributed by atoms with van der Waals surface area (Å²) in [6, 6.07) is 9.82. The van der Waals surface area contributed by atoms with E-state index in [0.717, 1.165) is 5.56 Å². The number of amides is 2. The van der Waals surface area contributed by atoms with Gasteiger partial charge < -0.3 is 15.0 Å². The Balaban J connectivity index is 1.40. The molecule has 6 nitrogen and oxygen atoms in total. The van der Waals surface area contributed by atoms with Crippen LogP contribution >= 0.6 is 0 Å². The lowest BCUT2D eigenvalue weighted by Crippen LogP contribution is -2.44. The number of aromatic nitrogens is 1. The summed E-state index contributed by atoms with van der Waals surface area (Å²) in [7, 11) is 0. The standard InChI is InChI=1S/C21H18FN3O3/c22-14-5-1-2-6-15(14)25-12-21-8-7-16(28-21)17(18(21)20(25)27)19(26)24-11-13-4-3-9-23-10-13/h1-10,16-18H,11-12H2,(H,24,26)/t16-,17-,18-,21-/m1/s1. The molecule has 5 rings (SSSR count). The number of halogens is 1. The lowest BCUT2D eigenvalue weighted by molar-refractivity contribution is -0.132. The summed E-state index contributed by atoms with van der Waals surface area (Å²) in [5.41, 5.74) is 0.211. The van der Waals surface area contributed by atoms with E-state index in [4.69, 9.17) is 4.74 Å². The van der Waals surface area contributed by atoms with Crippen LogP contribution in [0.15, 0.2) is 60.9 Å². The van der Waals surface area contributed by atoms with Crippen LogP contribution in [0.4, 0.5) is 10.1 Å². The lowest BCUT2D eigenvalue weighted by atomic mass is 9.77. The van der Waals surface area contributed by atoms with Crippen LogP contribution in [0, 0.1) is 17.7 Å². The van der Waals surface area contributed by atoms with Crippen LogP contribution in [0.25, 0.3) is 0 Å². The Bertz CT molecular complexity index is 980. The molecular weight excluding hydrogens is 361 g/mol. The molecule has 2 aromatic rings. The molecule has 2 fully saturated rings. The summed E-state index contributed by atoms with van der Waals surface area (Å²) in [6.45, 7) is 0.529. The van der Waals surface area contributed by atoms with Gasteiger partial charge >= 0.3 is 0 Å². The highest BCUT2D eigenvalue weighted by molar-refractivity contribution is 6.03. The van der Waals surface area contributed by atoms with E-state index < -0.39 is 29.4 Å². The first-order valence-electron chi connectivity index (χ1n) is 9.19. The van der Waals surface area contributed by atoms with Crippen molar-refractivity contribution in [2.75, 3.05) is 11.4 Å². The number of rotatable bonds is 4. The second-order valence-corrected chi connectivity index (χ2v) is 7.35. The van der Waals surface area contributed by atoms with Crippen molar-refractivity contribution in [2.24, 2.45) is 11.8 Å². The van der Waals surface area contributed by atoms with Gasteiger partial charge in [0.25, 0.3) is 0 Å². The fourth-order valence-corrected chi connectivity index (χ4v) is 4.48. The zero-order valence-corrected chi connectivity index (χ0v) is 14.9. The topological polar surface area (TPSA) is 71.5 Å². The minimum absolute atomic E-state index is 0.205. The molecule has 142 valence electrons. The Morgan fingerprint density at radius 2 is 2.18 bits per heavy atom. The van der Waals surface area contributed by atoms with E-state index >= 15 is 0 Å². The van der Waals surface area contributed by atoms with Crippen molar-refractivity contribution in [1.29, 1.82) is 0 Å². The molecule has 3 aliphatic rings. The number of ether oxygens (including phenoxy) is 1. The van der Waals surface area contributed by atoms with Gasteiger partial charge in [0.05, 0.1) is 30.2 Å². The molecule has 28 heavy (non-hydrogen) atoms. The number of nitrogens with zero attached hydrogens (tertiary/aromatic N) is 2. The minimum atomic E-state index is -0.875. The van der Waals surface area contributed by atoms with E-state index in [1.54, 1.807) is 36.7 Å². The van der Waals surface area contributed by atoms with Crippen LogP contribution in [0.2, 0.25) is 0 Å². The smallest absolute Gasteiger partial charge is 0.234 e. The largest absolute Gasteiger partial charge is 0.360 e. The number of carbonyl (C=O) groups excluding carboxylic acids is 2. The van der Waals surface area contributed by atoms with Crippen LogP contribution in [0.3, 0.4) is 0 Å². The fraction of sp³-hybridized carbons (Fsp3) is 0.286. The molecule has 7 heteroatoms. The first-order valence-corrected chi connectivity index (χ1v) is 9.19. The normalized spacial score (nSPS) is 30.0. The third-order valence-electron chi connectivity index (χ3n) is 5.74. The number of nitrogens with one attached hydrogen (secondary N) is 1. The molecule has 0 aliphatic carbocycles. The Hall–Kier alpha value is -3.06. The van der Waals surface area contributed by atoms with Crippen molar-refractivity contribution < 1.29 is 18.7 Å². The number of fused-ring (bicyclic) bond motifs is 1. The Morgan fingerprint density at radius 1 is 1.32 bits per heavy atom. The number of anilines is 1. The van der Waals surface area contributed by atoms with Gasteiger partial charge in [-0.3, -0.25) is 14.6 Å². The van der Waals surface area contributed by atoms with Crippen LogP contribution in [-0.4, -0.2) is 35.0 Å². The monoisotopic (exact) mass is 379 g/mol. The highest BCUT2D eigenvalue weighted by Gasteiger charge is 2.67. The van der Waals surface area contributed by atoms with Crippen molar-refractivity contribution in [2.45, 2.75) is 18.2 Å². The number of para-hydroxylation sites is 1. The van der Waals surface area contributed by atoms with Crippen LogP contribution in [0.1, 0.15) is 5.56 Å². The minimum Gasteiger partial charge on any atom is -0.360 e. The first-order chi connectivity index (χ1) is 13.6. The van der Waals surface area contributed by atoms with E-state index in [9.17, 15) is 14.0 Å². The van der Waals surface area contributed by atoms with Gasteiger partial charge in [-0.05, 0) is 23.8 Å². The zero-order valence-electron chi connectivity index (χ0n) is 14.9. The van der Waals surface area contributed by atoms with Crippen molar-refractivity contribution in [3.63, 3.8) is 0 Å². The SMILES string of the molecule is O=C(NCc1cccnc1)[C@@H]1[C@H]2C=C[C@]3(CN(c4ccccc4F)C(=O)[C@@H]13)O2. The summed E-state index contributed by atoms with van der Waals surface area (Å²) >= 11 is 0. The van der Waals surface area contributed by atoms with Crippen LogP contribution < -0.4 is 10.2 Å². The number of carbonyl (C=O) groups is 2. The van der Waals surface area contributed by atoms with Crippen molar-refractivity contribution in [3.05, 3.63) is 72.3 Å². The highest BCUT2D eigenvalue weighted by atomic mass is 19.1. The molecule has 2 saturated heterocycles. The molecule has 1 N–H and O–H groups in total. The summed E-state index contributed by atoms with van der Waals surface area (Å²) in [4.78, 5) is 31.5. The third kappa shape index (κ3) is 2.46. The quantitative estimate of drug-likeness (QED) is 0.823. The second-order valence-electron chi connectivity index (χ2n) is 7.35. The highest BCUT2D eigenvalue weighted by Crippen LogP contribution is 2.52. The summed E-state index contributed by atoms with van der Waals surface area (Å²) in [6.07, 6.45) is 6.60. The van der Waals surface area contributed by atoms with E-state index in [1.807, 2.05) is 18.2 Å². The van der Waals surface area contributed by atoms with Gasteiger partial charge in [-0.15, -0.1) is 0 Å². The average molecular weight is 379 g/mol. The van der Waals surface area contributed by atoms with Gasteiger partial charge in [-0.1, -0.05) is 30.4 Å². The Labute approximate surface area is 161 Å². The molecular formula is C21H18FN3O3. The van der Waals surface area contributed by atoms with E-state index in [-0.39, 0.29) is 24.0 Å². The molecule has 1 aromatic heterocycles. The summed E-state index contributed by atoms with van der Waals surface area (Å²) < 4.78 is 20.3. The maximum absolute atomic E-state index is 14.3. The zero-order chi connectivity index (χ0) is 19.3. The molecule has 1 spiro atoms. The van der Waals surface area contributed by atoms with Crippen molar-refractivity contribution in [1.82, 2.24) is 10.3 Å². The molecule has 1 aromatic carbocycles. The summed E-state index contributed by atoms with van der Waals surface area (Å²) in [5.74, 6) is -2.28. The van der Waals surface area contributed by atoms with Crippen LogP contribution in [-0.2, 0) is 20.9 Å². The Kier molecular flexibility index (Phi) is 3.80. The lowest BCUT2D eigenvalue weighted by Gasteiger charge is -2.23. The maximum Gasteiger partial charge on any atom is 0.234 e. The molecule has 0 radical (unpaired) electrons. The van der Waals surface area contributed by atoms with E-state index in [2.05, 4.69) is 10.3 Å². The maximum atomic E-state index is 14.3. The molecule has 3 aliphatic heterocycles. The predicted octanol–water partition coefficient (Wildman–Crippen LogP) is 1.82. The van der Waals surface area contributed by atoms with Gasteiger partial charge in [0, 0.05) is 18.9 Å². The van der Waals surface area contributed by atoms with Gasteiger partial charge in [-0.25, -0.2) is 4.39 Å². The van der Waals surface area contributed by atoms with Gasteiger partial charge in [-0.2, -0.15) is 0 Å². The second kappa shape index (κ2) is 6.24. The van der Waals surface area contributed by atoms with Crippen molar-refractivity contribution >= 4 is 17.5 Å². The molecule has 4 heterocycles. The molecule has 0 unspecified atom stereocenters. The average Bonchev–Trinajstić information content (AvgIpc) is 3.36. The number of hydrogen-bond donors (Lipinski definition) is 1. The summed E-state index contributed by atoms with van der Waals surface area (Å²) in [5, 5.41) is 2.88. The molecule has 2 amide bonds. The first kappa shape index (κ1) is 17.1. The molecule has 0 saturated carbocycles. The van der Waals surface area contributed by atoms with Crippen LogP contribution in [0.5, 0.6) is 0 Å². The molecule has 4 atom stereocenters. The van der Waals surface area contributed by atoms with E-state index in [1.165, 1.54) is 11.0 Å². The van der Waals surface area contributed by atoms with E-state index in [0.29, 0.717) is 6.54 Å². The fourth-order valence-electron chi connectivity index (χ4n) is 4.48. The van der Waals surface area contributed by atoms with Gasteiger partial charge in [0.15, 0.2) is 0 Å². The Morgan fingerprint density at radius 3 is 2.96 bits per heavy atom.